The Labute approximate surface area is 111 Å². The highest BCUT2D eigenvalue weighted by atomic mass is 19.4. The second-order valence-electron chi connectivity index (χ2n) is 4.05. The van der Waals surface area contributed by atoms with Crippen molar-refractivity contribution in [3.05, 3.63) is 35.7 Å². The van der Waals surface area contributed by atoms with Gasteiger partial charge in [-0.3, -0.25) is 4.79 Å². The molecule has 6 nitrogen and oxygen atoms in total. The maximum Gasteiger partial charge on any atom is 0.405 e. The maximum atomic E-state index is 12.0. The van der Waals surface area contributed by atoms with Gasteiger partial charge in [0, 0.05) is 5.56 Å². The van der Waals surface area contributed by atoms with E-state index in [2.05, 4.69) is 15.5 Å². The third-order valence-electron chi connectivity index (χ3n) is 2.50. The van der Waals surface area contributed by atoms with Gasteiger partial charge in [0.1, 0.15) is 12.9 Å². The van der Waals surface area contributed by atoms with Gasteiger partial charge in [-0.15, -0.1) is 5.10 Å². The average molecular weight is 285 g/mol. The molecule has 0 saturated heterocycles. The molecule has 0 bridgehead atoms. The van der Waals surface area contributed by atoms with Crippen LogP contribution in [0.15, 0.2) is 24.5 Å². The fourth-order valence-electron chi connectivity index (χ4n) is 1.61. The average Bonchev–Trinajstić information content (AvgIpc) is 2.88. The molecule has 9 heteroatoms. The lowest BCUT2D eigenvalue weighted by Gasteiger charge is -2.10. The van der Waals surface area contributed by atoms with Crippen molar-refractivity contribution in [2.75, 3.05) is 6.54 Å². The van der Waals surface area contributed by atoms with E-state index in [1.807, 2.05) is 5.32 Å². The number of aromatic nitrogens is 4. The van der Waals surface area contributed by atoms with E-state index in [-0.39, 0.29) is 5.56 Å². The number of alkyl halides is 3. The van der Waals surface area contributed by atoms with Crippen LogP contribution in [0.3, 0.4) is 0 Å². The van der Waals surface area contributed by atoms with Gasteiger partial charge < -0.3 is 5.32 Å². The molecule has 0 aliphatic carbocycles. The standard InChI is InChI=1S/C11H10F3N5O/c1-7-4-8(10(20)15-5-11(12,13)14)2-3-9(7)19-6-16-17-18-19/h2-4,6H,5H2,1H3,(H,15,20). The highest BCUT2D eigenvalue weighted by Gasteiger charge is 2.27. The zero-order valence-electron chi connectivity index (χ0n) is 10.3. The Bertz CT molecular complexity index is 609. The zero-order valence-corrected chi connectivity index (χ0v) is 10.3. The van der Waals surface area contributed by atoms with Gasteiger partial charge in [0.05, 0.1) is 5.69 Å². The molecule has 1 N–H and O–H groups in total. The lowest BCUT2D eigenvalue weighted by atomic mass is 10.1. The van der Waals surface area contributed by atoms with E-state index in [0.29, 0.717) is 11.3 Å². The van der Waals surface area contributed by atoms with Gasteiger partial charge >= 0.3 is 6.18 Å². The first kappa shape index (κ1) is 14.0. The molecular weight excluding hydrogens is 275 g/mol. The van der Waals surface area contributed by atoms with Crippen LogP contribution < -0.4 is 5.32 Å². The molecule has 1 amide bonds. The van der Waals surface area contributed by atoms with Crippen molar-refractivity contribution >= 4 is 5.91 Å². The lowest BCUT2D eigenvalue weighted by Crippen LogP contribution is -2.33. The molecule has 20 heavy (non-hydrogen) atoms. The summed E-state index contributed by atoms with van der Waals surface area (Å²) in [6.07, 6.45) is -3.05. The number of hydrogen-bond donors (Lipinski definition) is 1. The number of rotatable bonds is 3. The Morgan fingerprint density at radius 2 is 2.15 bits per heavy atom. The summed E-state index contributed by atoms with van der Waals surface area (Å²) in [7, 11) is 0. The molecule has 2 rings (SSSR count). The van der Waals surface area contributed by atoms with Crippen molar-refractivity contribution < 1.29 is 18.0 Å². The van der Waals surface area contributed by atoms with E-state index < -0.39 is 18.6 Å². The summed E-state index contributed by atoms with van der Waals surface area (Å²) < 4.78 is 37.5. The number of carbonyl (C=O) groups is 1. The molecule has 1 aromatic carbocycles. The van der Waals surface area contributed by atoms with Gasteiger partial charge in [-0.25, -0.2) is 4.68 Å². The van der Waals surface area contributed by atoms with Crippen molar-refractivity contribution in [3.63, 3.8) is 0 Å². The van der Waals surface area contributed by atoms with Crippen molar-refractivity contribution in [1.29, 1.82) is 0 Å². The summed E-state index contributed by atoms with van der Waals surface area (Å²) in [6, 6.07) is 4.45. The number of nitrogens with zero attached hydrogens (tertiary/aromatic N) is 4. The highest BCUT2D eigenvalue weighted by Crippen LogP contribution is 2.16. The Hall–Kier alpha value is -2.45. The fraction of sp³-hybridized carbons (Fsp3) is 0.273. The van der Waals surface area contributed by atoms with Crippen LogP contribution in [0.2, 0.25) is 0 Å². The minimum absolute atomic E-state index is 0.142. The first-order valence-corrected chi connectivity index (χ1v) is 5.56. The molecule has 0 unspecified atom stereocenters. The van der Waals surface area contributed by atoms with E-state index in [0.717, 1.165) is 0 Å². The second kappa shape index (κ2) is 5.27. The SMILES string of the molecule is Cc1cc(C(=O)NCC(F)(F)F)ccc1-n1cnnn1. The van der Waals surface area contributed by atoms with Gasteiger partial charge in [0.2, 0.25) is 0 Å². The Kier molecular flexibility index (Phi) is 3.68. The van der Waals surface area contributed by atoms with Crippen molar-refractivity contribution in [3.8, 4) is 5.69 Å². The quantitative estimate of drug-likeness (QED) is 0.921. The van der Waals surface area contributed by atoms with Crippen LogP contribution in [0.4, 0.5) is 13.2 Å². The van der Waals surface area contributed by atoms with Gasteiger partial charge in [-0.2, -0.15) is 13.2 Å². The topological polar surface area (TPSA) is 72.7 Å². The highest BCUT2D eigenvalue weighted by molar-refractivity contribution is 5.94. The number of hydrogen-bond acceptors (Lipinski definition) is 4. The minimum atomic E-state index is -4.43. The molecule has 0 saturated carbocycles. The molecule has 2 aromatic rings. The van der Waals surface area contributed by atoms with Gasteiger partial charge in [0.15, 0.2) is 0 Å². The second-order valence-corrected chi connectivity index (χ2v) is 4.05. The van der Waals surface area contributed by atoms with E-state index in [1.165, 1.54) is 23.1 Å². The number of halogens is 3. The normalized spacial score (nSPS) is 11.4. The maximum absolute atomic E-state index is 12.0. The smallest absolute Gasteiger partial charge is 0.343 e. The van der Waals surface area contributed by atoms with Crippen LogP contribution >= 0.6 is 0 Å². The summed E-state index contributed by atoms with van der Waals surface area (Å²) in [4.78, 5) is 11.6. The van der Waals surface area contributed by atoms with Crippen LogP contribution in [0.5, 0.6) is 0 Å². The van der Waals surface area contributed by atoms with Crippen LogP contribution in [0.1, 0.15) is 15.9 Å². The van der Waals surface area contributed by atoms with E-state index in [4.69, 9.17) is 0 Å². The largest absolute Gasteiger partial charge is 0.405 e. The van der Waals surface area contributed by atoms with Gasteiger partial charge in [0.25, 0.3) is 5.91 Å². The van der Waals surface area contributed by atoms with Crippen LogP contribution in [-0.4, -0.2) is 38.8 Å². The number of amides is 1. The fourth-order valence-corrected chi connectivity index (χ4v) is 1.61. The molecule has 0 spiro atoms. The van der Waals surface area contributed by atoms with E-state index >= 15 is 0 Å². The van der Waals surface area contributed by atoms with E-state index in [1.54, 1.807) is 13.0 Å². The zero-order chi connectivity index (χ0) is 14.8. The molecule has 1 heterocycles. The number of benzene rings is 1. The Morgan fingerprint density at radius 3 is 2.70 bits per heavy atom. The van der Waals surface area contributed by atoms with Gasteiger partial charge in [-0.05, 0) is 41.1 Å². The molecule has 0 radical (unpaired) electrons. The van der Waals surface area contributed by atoms with Crippen LogP contribution in [-0.2, 0) is 0 Å². The third kappa shape index (κ3) is 3.31. The third-order valence-corrected chi connectivity index (χ3v) is 2.50. The van der Waals surface area contributed by atoms with Gasteiger partial charge in [-0.1, -0.05) is 0 Å². The molecule has 0 aliphatic rings. The minimum Gasteiger partial charge on any atom is -0.343 e. The first-order chi connectivity index (χ1) is 9.37. The first-order valence-electron chi connectivity index (χ1n) is 5.56. The predicted molar refractivity (Wildman–Crippen MR) is 62.3 cm³/mol. The molecule has 0 aliphatic heterocycles. The molecule has 0 atom stereocenters. The molecule has 0 fully saturated rings. The summed E-state index contributed by atoms with van der Waals surface area (Å²) in [5.74, 6) is -0.784. The molecule has 106 valence electrons. The van der Waals surface area contributed by atoms with Crippen LogP contribution in [0, 0.1) is 6.92 Å². The van der Waals surface area contributed by atoms with Crippen LogP contribution in [0.25, 0.3) is 5.69 Å². The number of nitrogens with one attached hydrogen (secondary N) is 1. The number of aryl methyl sites for hydroxylation is 1. The van der Waals surface area contributed by atoms with E-state index in [9.17, 15) is 18.0 Å². The number of tetrazole rings is 1. The monoisotopic (exact) mass is 285 g/mol. The summed E-state index contributed by atoms with van der Waals surface area (Å²) in [5, 5.41) is 12.5. The van der Waals surface area contributed by atoms with Crippen molar-refractivity contribution in [1.82, 2.24) is 25.5 Å². The number of carbonyl (C=O) groups excluding carboxylic acids is 1. The Balaban J connectivity index is 2.15. The van der Waals surface area contributed by atoms with Crippen molar-refractivity contribution in [2.45, 2.75) is 13.1 Å². The summed E-state index contributed by atoms with van der Waals surface area (Å²) in [6.45, 7) is 0.344. The summed E-state index contributed by atoms with van der Waals surface area (Å²) in [5.41, 5.74) is 1.45. The molecule has 1 aromatic heterocycles. The summed E-state index contributed by atoms with van der Waals surface area (Å²) >= 11 is 0. The van der Waals surface area contributed by atoms with Crippen molar-refractivity contribution in [2.24, 2.45) is 0 Å². The Morgan fingerprint density at radius 1 is 1.40 bits per heavy atom. The predicted octanol–water partition coefficient (Wildman–Crippen LogP) is 1.26. The lowest BCUT2D eigenvalue weighted by molar-refractivity contribution is -0.123. The molecular formula is C11H10F3N5O.